The lowest BCUT2D eigenvalue weighted by Gasteiger charge is -2.20. The lowest BCUT2D eigenvalue weighted by atomic mass is 9.98. The third-order valence-corrected chi connectivity index (χ3v) is 8.13. The van der Waals surface area contributed by atoms with Crippen LogP contribution in [-0.4, -0.2) is 67.2 Å². The van der Waals surface area contributed by atoms with Crippen molar-refractivity contribution in [3.8, 4) is 5.75 Å². The monoisotopic (exact) mass is 464 g/mol. The summed E-state index contributed by atoms with van der Waals surface area (Å²) in [5.41, 5.74) is -0.633. The largest absolute Gasteiger partial charge is 0.492 e. The van der Waals surface area contributed by atoms with Gasteiger partial charge in [0.2, 0.25) is 15.9 Å². The molecule has 10 nitrogen and oxygen atoms in total. The number of carbonyl (C=O) groups is 3. The van der Waals surface area contributed by atoms with Gasteiger partial charge in [0.15, 0.2) is 0 Å². The fourth-order valence-electron chi connectivity index (χ4n) is 4.61. The quantitative estimate of drug-likeness (QED) is 0.592. The van der Waals surface area contributed by atoms with Gasteiger partial charge in [-0.1, -0.05) is 12.8 Å². The molecule has 2 saturated heterocycles. The van der Waals surface area contributed by atoms with Gasteiger partial charge in [0.05, 0.1) is 6.61 Å². The minimum Gasteiger partial charge on any atom is -0.492 e. The van der Waals surface area contributed by atoms with E-state index < -0.39 is 34.0 Å². The summed E-state index contributed by atoms with van der Waals surface area (Å²) in [5.74, 6) is -0.744. The highest BCUT2D eigenvalue weighted by Gasteiger charge is 2.52. The Morgan fingerprint density at radius 3 is 2.50 bits per heavy atom. The van der Waals surface area contributed by atoms with E-state index in [1.807, 2.05) is 0 Å². The van der Waals surface area contributed by atoms with Gasteiger partial charge in [-0.2, -0.15) is 4.31 Å². The Morgan fingerprint density at radius 2 is 1.84 bits per heavy atom. The first kappa shape index (κ1) is 22.5. The zero-order valence-electron chi connectivity index (χ0n) is 18.1. The second-order valence-corrected chi connectivity index (χ2v) is 10.3. The third-order valence-electron chi connectivity index (χ3n) is 6.21. The molecular weight excluding hydrogens is 436 g/mol. The SMILES string of the molecule is CCOc1ccc(NC(=O)CN2C(=O)NC3(CCCC3)C2=O)cc1S(=O)(=O)N1CCCC1. The van der Waals surface area contributed by atoms with Crippen molar-refractivity contribution in [1.82, 2.24) is 14.5 Å². The molecule has 174 valence electrons. The Morgan fingerprint density at radius 1 is 1.16 bits per heavy atom. The van der Waals surface area contributed by atoms with Crippen LogP contribution in [0.1, 0.15) is 45.4 Å². The maximum atomic E-state index is 13.1. The maximum Gasteiger partial charge on any atom is 0.325 e. The topological polar surface area (TPSA) is 125 Å². The van der Waals surface area contributed by atoms with E-state index >= 15 is 0 Å². The molecule has 32 heavy (non-hydrogen) atoms. The van der Waals surface area contributed by atoms with Crippen LogP contribution in [-0.2, 0) is 19.6 Å². The van der Waals surface area contributed by atoms with Crippen LogP contribution in [0.25, 0.3) is 0 Å². The molecule has 3 aliphatic rings. The molecule has 1 spiro atoms. The molecule has 2 aliphatic heterocycles. The van der Waals surface area contributed by atoms with E-state index in [9.17, 15) is 22.8 Å². The lowest BCUT2D eigenvalue weighted by molar-refractivity contribution is -0.133. The molecule has 0 atom stereocenters. The van der Waals surface area contributed by atoms with Crippen LogP contribution in [0.5, 0.6) is 5.75 Å². The van der Waals surface area contributed by atoms with Gasteiger partial charge in [-0.05, 0) is 50.8 Å². The van der Waals surface area contributed by atoms with Crippen molar-refractivity contribution in [2.24, 2.45) is 0 Å². The Labute approximate surface area is 187 Å². The smallest absolute Gasteiger partial charge is 0.325 e. The number of nitrogens with zero attached hydrogens (tertiary/aromatic N) is 2. The van der Waals surface area contributed by atoms with Crippen LogP contribution < -0.4 is 15.4 Å². The zero-order chi connectivity index (χ0) is 22.9. The first-order valence-electron chi connectivity index (χ1n) is 11.0. The van der Waals surface area contributed by atoms with E-state index in [0.29, 0.717) is 32.5 Å². The van der Waals surface area contributed by atoms with Crippen LogP contribution in [0.3, 0.4) is 0 Å². The molecule has 11 heteroatoms. The van der Waals surface area contributed by atoms with E-state index in [0.717, 1.165) is 30.6 Å². The number of urea groups is 1. The summed E-state index contributed by atoms with van der Waals surface area (Å²) in [5, 5.41) is 5.35. The summed E-state index contributed by atoms with van der Waals surface area (Å²) < 4.78 is 33.1. The van der Waals surface area contributed by atoms with E-state index in [1.165, 1.54) is 22.5 Å². The number of nitrogens with one attached hydrogen (secondary N) is 2. The number of amides is 4. The van der Waals surface area contributed by atoms with E-state index in [-0.39, 0.29) is 22.2 Å². The number of imide groups is 1. The predicted molar refractivity (Wildman–Crippen MR) is 116 cm³/mol. The molecule has 2 N–H and O–H groups in total. The molecule has 0 aromatic heterocycles. The van der Waals surface area contributed by atoms with Crippen molar-refractivity contribution in [1.29, 1.82) is 0 Å². The fraction of sp³-hybridized carbons (Fsp3) is 0.571. The van der Waals surface area contributed by atoms with E-state index in [1.54, 1.807) is 6.92 Å². The van der Waals surface area contributed by atoms with Gasteiger partial charge in [-0.3, -0.25) is 14.5 Å². The van der Waals surface area contributed by atoms with Gasteiger partial charge in [-0.15, -0.1) is 0 Å². The standard InChI is InChI=1S/C21H28N4O6S/c1-2-31-16-8-7-15(13-17(16)32(29,30)24-11-5-6-12-24)22-18(26)14-25-19(27)21(23-20(25)28)9-3-4-10-21/h7-8,13H,2-6,9-12,14H2,1H3,(H,22,26)(H,23,28). The van der Waals surface area contributed by atoms with Crippen molar-refractivity contribution in [3.05, 3.63) is 18.2 Å². The summed E-state index contributed by atoms with van der Waals surface area (Å²) in [4.78, 5) is 38.6. The van der Waals surface area contributed by atoms with Crippen molar-refractivity contribution in [3.63, 3.8) is 0 Å². The third kappa shape index (κ3) is 4.06. The molecule has 0 unspecified atom stereocenters. The zero-order valence-corrected chi connectivity index (χ0v) is 18.9. The number of hydrogen-bond donors (Lipinski definition) is 2. The van der Waals surface area contributed by atoms with Gasteiger partial charge in [0.25, 0.3) is 5.91 Å². The average Bonchev–Trinajstić information content (AvgIpc) is 3.49. The minimum atomic E-state index is -3.78. The first-order chi connectivity index (χ1) is 15.3. The molecule has 4 amide bonds. The predicted octanol–water partition coefficient (Wildman–Crippen LogP) is 1.67. The number of benzene rings is 1. The number of rotatable bonds is 7. The summed E-state index contributed by atoms with van der Waals surface area (Å²) in [7, 11) is -3.78. The van der Waals surface area contributed by atoms with Crippen molar-refractivity contribution in [2.45, 2.75) is 55.9 Å². The highest BCUT2D eigenvalue weighted by Crippen LogP contribution is 2.35. The van der Waals surface area contributed by atoms with Crippen molar-refractivity contribution in [2.75, 3.05) is 31.6 Å². The minimum absolute atomic E-state index is 0.0149. The van der Waals surface area contributed by atoms with Crippen LogP contribution in [0.4, 0.5) is 10.5 Å². The van der Waals surface area contributed by atoms with E-state index in [2.05, 4.69) is 10.6 Å². The molecular formula is C21H28N4O6S. The van der Waals surface area contributed by atoms with Gasteiger partial charge < -0.3 is 15.4 Å². The highest BCUT2D eigenvalue weighted by atomic mass is 32.2. The second kappa shape index (κ2) is 8.70. The summed E-state index contributed by atoms with van der Waals surface area (Å²) in [6, 6.07) is 3.83. The maximum absolute atomic E-state index is 13.1. The van der Waals surface area contributed by atoms with Crippen LogP contribution in [0, 0.1) is 0 Å². The normalized spacial score (nSPS) is 20.7. The molecule has 4 rings (SSSR count). The fourth-order valence-corrected chi connectivity index (χ4v) is 6.29. The van der Waals surface area contributed by atoms with Gasteiger partial charge in [-0.25, -0.2) is 13.2 Å². The lowest BCUT2D eigenvalue weighted by Crippen LogP contribution is -2.44. The Bertz CT molecular complexity index is 1030. The molecule has 1 aromatic carbocycles. The Hall–Kier alpha value is -2.66. The van der Waals surface area contributed by atoms with Crippen LogP contribution in [0.15, 0.2) is 23.1 Å². The molecule has 0 bridgehead atoms. The molecule has 1 aliphatic carbocycles. The second-order valence-electron chi connectivity index (χ2n) is 8.36. The Balaban J connectivity index is 1.51. The molecule has 1 saturated carbocycles. The number of hydrogen-bond acceptors (Lipinski definition) is 6. The number of anilines is 1. The summed E-state index contributed by atoms with van der Waals surface area (Å²) >= 11 is 0. The molecule has 0 radical (unpaired) electrons. The summed E-state index contributed by atoms with van der Waals surface area (Å²) in [6.45, 7) is 2.50. The molecule has 1 aromatic rings. The molecule has 2 heterocycles. The van der Waals surface area contributed by atoms with Gasteiger partial charge >= 0.3 is 6.03 Å². The Kier molecular flexibility index (Phi) is 6.13. The van der Waals surface area contributed by atoms with Crippen molar-refractivity contribution < 1.29 is 27.5 Å². The van der Waals surface area contributed by atoms with Gasteiger partial charge in [0, 0.05) is 18.8 Å². The van der Waals surface area contributed by atoms with E-state index in [4.69, 9.17) is 4.74 Å². The first-order valence-corrected chi connectivity index (χ1v) is 12.4. The average molecular weight is 465 g/mol. The van der Waals surface area contributed by atoms with Crippen LogP contribution in [0.2, 0.25) is 0 Å². The summed E-state index contributed by atoms with van der Waals surface area (Å²) in [6.07, 6.45) is 4.46. The highest BCUT2D eigenvalue weighted by molar-refractivity contribution is 7.89. The van der Waals surface area contributed by atoms with Crippen LogP contribution >= 0.6 is 0 Å². The van der Waals surface area contributed by atoms with Gasteiger partial charge in [0.1, 0.15) is 22.7 Å². The number of sulfonamides is 1. The number of ether oxygens (including phenoxy) is 1. The van der Waals surface area contributed by atoms with Crippen molar-refractivity contribution >= 4 is 33.6 Å². The number of carbonyl (C=O) groups excluding carboxylic acids is 3. The molecule has 3 fully saturated rings.